The molecule has 0 saturated heterocycles. The molecule has 0 amide bonds. The summed E-state index contributed by atoms with van der Waals surface area (Å²) in [6, 6.07) is 0. The molecule has 3 N–H and O–H groups in total. The number of carbonyl (C=O) groups is 1. The van der Waals surface area contributed by atoms with Crippen LogP contribution in [0.1, 0.15) is 61.1 Å². The van der Waals surface area contributed by atoms with E-state index in [-0.39, 0.29) is 23.1 Å². The number of hydrogen-bond acceptors (Lipinski definition) is 5. The summed E-state index contributed by atoms with van der Waals surface area (Å²) >= 11 is 0. The second kappa shape index (κ2) is 5.92. The zero-order chi connectivity index (χ0) is 14.8. The molecule has 1 aliphatic rings. The number of rotatable bonds is 7. The number of sulfonamides is 1. The SMILES string of the molecule is CCCCCOC(=O)c1n[nH]c(C2CC2)c1S(N)(=O)=O. The normalized spacial score (nSPS) is 15.3. The molecule has 1 heterocycles. The standard InChI is InChI=1S/C12H19N3O4S/c1-2-3-4-7-19-12(16)10-11(20(13,17)18)9(14-15-10)8-5-6-8/h8H,2-7H2,1H3,(H,14,15)(H2,13,17,18). The van der Waals surface area contributed by atoms with E-state index in [4.69, 9.17) is 9.88 Å². The molecule has 7 nitrogen and oxygen atoms in total. The van der Waals surface area contributed by atoms with Crippen LogP contribution in [0.25, 0.3) is 0 Å². The maximum Gasteiger partial charge on any atom is 0.360 e. The lowest BCUT2D eigenvalue weighted by atomic mass is 10.2. The summed E-state index contributed by atoms with van der Waals surface area (Å²) in [5, 5.41) is 11.6. The van der Waals surface area contributed by atoms with Crippen LogP contribution in [-0.2, 0) is 14.8 Å². The average molecular weight is 301 g/mol. The van der Waals surface area contributed by atoms with Crippen molar-refractivity contribution in [2.75, 3.05) is 6.61 Å². The van der Waals surface area contributed by atoms with Crippen molar-refractivity contribution in [2.24, 2.45) is 5.14 Å². The molecule has 0 aromatic carbocycles. The molecule has 0 unspecified atom stereocenters. The molecule has 2 rings (SSSR count). The van der Waals surface area contributed by atoms with Gasteiger partial charge in [-0.15, -0.1) is 0 Å². The Hall–Kier alpha value is -1.41. The monoisotopic (exact) mass is 301 g/mol. The van der Waals surface area contributed by atoms with E-state index in [0.29, 0.717) is 5.69 Å². The fourth-order valence-electron chi connectivity index (χ4n) is 2.01. The molecule has 1 fully saturated rings. The Kier molecular flexibility index (Phi) is 4.44. The first kappa shape index (κ1) is 15.0. The van der Waals surface area contributed by atoms with Gasteiger partial charge in [0.25, 0.3) is 0 Å². The number of nitrogens with two attached hydrogens (primary N) is 1. The van der Waals surface area contributed by atoms with Gasteiger partial charge in [0.1, 0.15) is 4.90 Å². The number of carbonyl (C=O) groups excluding carboxylic acids is 1. The van der Waals surface area contributed by atoms with Crippen LogP contribution in [0.3, 0.4) is 0 Å². The first-order valence-electron chi connectivity index (χ1n) is 6.73. The molecular formula is C12H19N3O4S. The molecule has 0 aliphatic heterocycles. The van der Waals surface area contributed by atoms with Gasteiger partial charge in [-0.05, 0) is 19.3 Å². The number of nitrogens with zero attached hydrogens (tertiary/aromatic N) is 1. The summed E-state index contributed by atoms with van der Waals surface area (Å²) in [6.07, 6.45) is 4.44. The second-order valence-corrected chi connectivity index (χ2v) is 6.48. The molecule has 1 aromatic rings. The highest BCUT2D eigenvalue weighted by Crippen LogP contribution is 2.42. The van der Waals surface area contributed by atoms with Gasteiger partial charge in [0.2, 0.25) is 10.0 Å². The number of esters is 1. The molecule has 0 bridgehead atoms. The Balaban J connectivity index is 2.17. The molecule has 112 valence electrons. The summed E-state index contributed by atoms with van der Waals surface area (Å²) in [7, 11) is -4.00. The van der Waals surface area contributed by atoms with Crippen molar-refractivity contribution >= 4 is 16.0 Å². The number of hydrogen-bond donors (Lipinski definition) is 2. The van der Waals surface area contributed by atoms with E-state index >= 15 is 0 Å². The van der Waals surface area contributed by atoms with E-state index in [2.05, 4.69) is 10.2 Å². The van der Waals surface area contributed by atoms with Crippen molar-refractivity contribution in [1.82, 2.24) is 10.2 Å². The largest absolute Gasteiger partial charge is 0.461 e. The molecule has 8 heteroatoms. The van der Waals surface area contributed by atoms with Crippen LogP contribution in [-0.4, -0.2) is 31.2 Å². The molecule has 1 aliphatic carbocycles. The highest BCUT2D eigenvalue weighted by molar-refractivity contribution is 7.89. The van der Waals surface area contributed by atoms with Gasteiger partial charge in [0.15, 0.2) is 5.69 Å². The van der Waals surface area contributed by atoms with Crippen molar-refractivity contribution in [3.63, 3.8) is 0 Å². The van der Waals surface area contributed by atoms with E-state index in [0.717, 1.165) is 32.1 Å². The van der Waals surface area contributed by atoms with E-state index < -0.39 is 16.0 Å². The average Bonchev–Trinajstić information content (AvgIpc) is 3.11. The van der Waals surface area contributed by atoms with Gasteiger partial charge >= 0.3 is 5.97 Å². The summed E-state index contributed by atoms with van der Waals surface area (Å²) in [6.45, 7) is 2.29. The molecule has 0 spiro atoms. The second-order valence-electron chi connectivity index (χ2n) is 4.98. The molecular weight excluding hydrogens is 282 g/mol. The number of nitrogens with one attached hydrogen (secondary N) is 1. The Labute approximate surface area is 117 Å². The van der Waals surface area contributed by atoms with Crippen LogP contribution < -0.4 is 5.14 Å². The van der Waals surface area contributed by atoms with Crippen LogP contribution in [0.5, 0.6) is 0 Å². The van der Waals surface area contributed by atoms with E-state index in [9.17, 15) is 13.2 Å². The first-order chi connectivity index (χ1) is 9.45. The number of H-pyrrole nitrogens is 1. The third kappa shape index (κ3) is 3.37. The highest BCUT2D eigenvalue weighted by Gasteiger charge is 2.36. The summed E-state index contributed by atoms with van der Waals surface area (Å²) in [4.78, 5) is 11.7. The third-order valence-electron chi connectivity index (χ3n) is 3.19. The molecule has 1 aromatic heterocycles. The maximum atomic E-state index is 11.9. The van der Waals surface area contributed by atoms with Gasteiger partial charge in [-0.2, -0.15) is 5.10 Å². The van der Waals surface area contributed by atoms with Crippen LogP contribution in [0.4, 0.5) is 0 Å². The molecule has 20 heavy (non-hydrogen) atoms. The molecule has 0 atom stereocenters. The summed E-state index contributed by atoms with van der Waals surface area (Å²) in [5.41, 5.74) is 0.193. The first-order valence-corrected chi connectivity index (χ1v) is 8.28. The lowest BCUT2D eigenvalue weighted by molar-refractivity contribution is 0.0486. The Morgan fingerprint density at radius 1 is 1.45 bits per heavy atom. The van der Waals surface area contributed by atoms with Crippen LogP contribution in [0, 0.1) is 0 Å². The minimum atomic E-state index is -4.00. The van der Waals surface area contributed by atoms with Crippen molar-refractivity contribution in [3.05, 3.63) is 11.4 Å². The highest BCUT2D eigenvalue weighted by atomic mass is 32.2. The lowest BCUT2D eigenvalue weighted by Crippen LogP contribution is -2.18. The fraction of sp³-hybridized carbons (Fsp3) is 0.667. The smallest absolute Gasteiger partial charge is 0.360 e. The number of unbranched alkanes of at least 4 members (excludes halogenated alkanes) is 2. The molecule has 1 saturated carbocycles. The number of aromatic nitrogens is 2. The van der Waals surface area contributed by atoms with Crippen molar-refractivity contribution < 1.29 is 17.9 Å². The number of primary sulfonamides is 1. The van der Waals surface area contributed by atoms with Crippen LogP contribution >= 0.6 is 0 Å². The van der Waals surface area contributed by atoms with Gasteiger partial charge in [0, 0.05) is 5.92 Å². The summed E-state index contributed by atoms with van der Waals surface area (Å²) < 4.78 is 28.4. The minimum absolute atomic E-state index is 0.0949. The predicted molar refractivity (Wildman–Crippen MR) is 71.7 cm³/mol. The van der Waals surface area contributed by atoms with Crippen molar-refractivity contribution in [2.45, 2.75) is 49.8 Å². The molecule has 0 radical (unpaired) electrons. The summed E-state index contributed by atoms with van der Waals surface area (Å²) in [5.74, 6) is -0.647. The number of aromatic amines is 1. The topological polar surface area (TPSA) is 115 Å². The predicted octanol–water partition coefficient (Wildman–Crippen LogP) is 1.28. The van der Waals surface area contributed by atoms with Gasteiger partial charge in [-0.3, -0.25) is 5.10 Å². The van der Waals surface area contributed by atoms with Crippen LogP contribution in [0.2, 0.25) is 0 Å². The Bertz CT molecular complexity index is 590. The van der Waals surface area contributed by atoms with E-state index in [1.54, 1.807) is 0 Å². The van der Waals surface area contributed by atoms with Crippen molar-refractivity contribution in [3.8, 4) is 0 Å². The van der Waals surface area contributed by atoms with Gasteiger partial charge < -0.3 is 4.74 Å². The van der Waals surface area contributed by atoms with Crippen molar-refractivity contribution in [1.29, 1.82) is 0 Å². The Morgan fingerprint density at radius 2 is 2.15 bits per heavy atom. The zero-order valence-corrected chi connectivity index (χ0v) is 12.2. The van der Waals surface area contributed by atoms with E-state index in [1.165, 1.54) is 0 Å². The van der Waals surface area contributed by atoms with Crippen LogP contribution in [0.15, 0.2) is 4.90 Å². The quantitative estimate of drug-likeness (QED) is 0.581. The zero-order valence-electron chi connectivity index (χ0n) is 11.4. The van der Waals surface area contributed by atoms with E-state index in [1.807, 2.05) is 6.92 Å². The van der Waals surface area contributed by atoms with Gasteiger partial charge in [0.05, 0.1) is 12.3 Å². The van der Waals surface area contributed by atoms with Gasteiger partial charge in [-0.25, -0.2) is 18.4 Å². The third-order valence-corrected chi connectivity index (χ3v) is 4.17. The minimum Gasteiger partial charge on any atom is -0.461 e. The lowest BCUT2D eigenvalue weighted by Gasteiger charge is -2.04. The Morgan fingerprint density at radius 3 is 2.70 bits per heavy atom. The van der Waals surface area contributed by atoms with Gasteiger partial charge in [-0.1, -0.05) is 19.8 Å². The maximum absolute atomic E-state index is 11.9. The number of ether oxygens (including phenoxy) is 1. The fourth-order valence-corrected chi connectivity index (χ4v) is 2.92.